The van der Waals surface area contributed by atoms with Crippen LogP contribution < -0.4 is 0 Å². The molecule has 66 valence electrons. The molecule has 0 aliphatic carbocycles. The SMILES string of the molecule is C[Se][C@H](C)[C@H](O)c1ccccc1. The molecule has 0 spiro atoms. The van der Waals surface area contributed by atoms with Gasteiger partial charge >= 0.3 is 79.6 Å². The van der Waals surface area contributed by atoms with Crippen molar-refractivity contribution in [2.24, 2.45) is 0 Å². The van der Waals surface area contributed by atoms with Gasteiger partial charge in [-0.3, -0.25) is 0 Å². The summed E-state index contributed by atoms with van der Waals surface area (Å²) in [6, 6.07) is 9.86. The molecule has 1 rings (SSSR count). The topological polar surface area (TPSA) is 20.2 Å². The Morgan fingerprint density at radius 2 is 1.83 bits per heavy atom. The van der Waals surface area contributed by atoms with Crippen molar-refractivity contribution in [3.8, 4) is 0 Å². The molecule has 0 aromatic heterocycles. The molecule has 0 saturated heterocycles. The molecule has 0 heterocycles. The minimum atomic E-state index is -0.281. The van der Waals surface area contributed by atoms with Gasteiger partial charge in [0.05, 0.1) is 0 Å². The number of aliphatic hydroxyl groups excluding tert-OH is 1. The van der Waals surface area contributed by atoms with E-state index in [-0.39, 0.29) is 6.10 Å². The summed E-state index contributed by atoms with van der Waals surface area (Å²) in [5.41, 5.74) is 1.04. The Kier molecular flexibility index (Phi) is 3.80. The third kappa shape index (κ3) is 2.34. The van der Waals surface area contributed by atoms with Crippen LogP contribution in [0.2, 0.25) is 10.6 Å². The zero-order valence-electron chi connectivity index (χ0n) is 7.40. The first kappa shape index (κ1) is 9.78. The Balaban J connectivity index is 2.71. The molecule has 2 heteroatoms. The second-order valence-corrected chi connectivity index (χ2v) is 5.35. The van der Waals surface area contributed by atoms with Crippen LogP contribution >= 0.6 is 0 Å². The molecule has 1 N–H and O–H groups in total. The van der Waals surface area contributed by atoms with Gasteiger partial charge in [0, 0.05) is 0 Å². The molecule has 12 heavy (non-hydrogen) atoms. The first-order valence-electron chi connectivity index (χ1n) is 4.01. The Morgan fingerprint density at radius 1 is 1.25 bits per heavy atom. The predicted molar refractivity (Wildman–Crippen MR) is 52.4 cm³/mol. The van der Waals surface area contributed by atoms with Crippen LogP contribution in [-0.4, -0.2) is 20.1 Å². The van der Waals surface area contributed by atoms with Crippen molar-refractivity contribution in [2.45, 2.75) is 23.7 Å². The van der Waals surface area contributed by atoms with Crippen molar-refractivity contribution < 1.29 is 5.11 Å². The summed E-state index contributed by atoms with van der Waals surface area (Å²) in [6.07, 6.45) is -0.281. The second-order valence-electron chi connectivity index (χ2n) is 2.80. The van der Waals surface area contributed by atoms with E-state index in [2.05, 4.69) is 12.7 Å². The van der Waals surface area contributed by atoms with Crippen LogP contribution in [-0.2, 0) is 0 Å². The van der Waals surface area contributed by atoms with E-state index in [1.807, 2.05) is 30.3 Å². The van der Waals surface area contributed by atoms with Gasteiger partial charge in [-0.2, -0.15) is 0 Å². The zero-order chi connectivity index (χ0) is 8.97. The van der Waals surface area contributed by atoms with Gasteiger partial charge in [-0.25, -0.2) is 0 Å². The monoisotopic (exact) mass is 230 g/mol. The Labute approximate surface area is 80.0 Å². The normalized spacial score (nSPS) is 15.6. The predicted octanol–water partition coefficient (Wildman–Crippen LogP) is 2.28. The fraction of sp³-hybridized carbons (Fsp3) is 0.400. The van der Waals surface area contributed by atoms with E-state index in [1.54, 1.807) is 0 Å². The maximum atomic E-state index is 9.80. The van der Waals surface area contributed by atoms with Crippen LogP contribution in [0.25, 0.3) is 0 Å². The van der Waals surface area contributed by atoms with Gasteiger partial charge in [-0.05, 0) is 0 Å². The quantitative estimate of drug-likeness (QED) is 0.788. The van der Waals surface area contributed by atoms with Crippen molar-refractivity contribution in [2.75, 3.05) is 0 Å². The second kappa shape index (κ2) is 4.66. The van der Waals surface area contributed by atoms with Gasteiger partial charge in [-0.1, -0.05) is 0 Å². The number of benzene rings is 1. The van der Waals surface area contributed by atoms with Crippen LogP contribution in [0.15, 0.2) is 30.3 Å². The van der Waals surface area contributed by atoms with Crippen LogP contribution in [0.3, 0.4) is 0 Å². The van der Waals surface area contributed by atoms with Crippen molar-refractivity contribution in [3.63, 3.8) is 0 Å². The van der Waals surface area contributed by atoms with E-state index in [0.717, 1.165) is 5.56 Å². The Morgan fingerprint density at radius 3 is 2.33 bits per heavy atom. The van der Waals surface area contributed by atoms with Crippen molar-refractivity contribution in [1.29, 1.82) is 0 Å². The molecule has 0 amide bonds. The van der Waals surface area contributed by atoms with Gasteiger partial charge in [0.15, 0.2) is 0 Å². The van der Waals surface area contributed by atoms with Gasteiger partial charge < -0.3 is 0 Å². The molecule has 0 aliphatic rings. The van der Waals surface area contributed by atoms with Crippen LogP contribution in [0, 0.1) is 0 Å². The molecule has 1 aromatic carbocycles. The standard InChI is InChI=1S/C10H14OSe/c1-8(12-2)10(11)9-6-4-3-5-7-9/h3-8,10-11H,1-2H3/t8-,10+/m1/s1. The third-order valence-corrected chi connectivity index (χ3v) is 4.06. The molecular weight excluding hydrogens is 215 g/mol. The zero-order valence-corrected chi connectivity index (χ0v) is 9.11. The molecule has 0 saturated carbocycles. The van der Waals surface area contributed by atoms with Crippen LogP contribution in [0.1, 0.15) is 18.6 Å². The summed E-state index contributed by atoms with van der Waals surface area (Å²) >= 11 is 0.509. The van der Waals surface area contributed by atoms with Crippen molar-refractivity contribution in [3.05, 3.63) is 35.9 Å². The van der Waals surface area contributed by atoms with Gasteiger partial charge in [0.25, 0.3) is 0 Å². The first-order chi connectivity index (χ1) is 5.75. The van der Waals surface area contributed by atoms with E-state index >= 15 is 0 Å². The number of hydrogen-bond donors (Lipinski definition) is 1. The van der Waals surface area contributed by atoms with Gasteiger partial charge in [-0.15, -0.1) is 0 Å². The fourth-order valence-electron chi connectivity index (χ4n) is 1.05. The third-order valence-electron chi connectivity index (χ3n) is 1.96. The number of rotatable bonds is 3. The number of hydrogen-bond acceptors (Lipinski definition) is 1. The summed E-state index contributed by atoms with van der Waals surface area (Å²) in [5.74, 6) is 2.16. The van der Waals surface area contributed by atoms with Gasteiger partial charge in [0.1, 0.15) is 0 Å². The van der Waals surface area contributed by atoms with Crippen molar-refractivity contribution in [1.82, 2.24) is 0 Å². The van der Waals surface area contributed by atoms with E-state index in [9.17, 15) is 5.11 Å². The van der Waals surface area contributed by atoms with Gasteiger partial charge in [0.2, 0.25) is 0 Å². The van der Waals surface area contributed by atoms with Crippen LogP contribution in [0.5, 0.6) is 0 Å². The first-order valence-corrected chi connectivity index (χ1v) is 6.71. The summed E-state index contributed by atoms with van der Waals surface area (Å²) in [5, 5.41) is 9.80. The molecule has 0 unspecified atom stereocenters. The average molecular weight is 229 g/mol. The molecule has 0 aliphatic heterocycles. The molecule has 0 fully saturated rings. The minimum absolute atomic E-state index is 0.281. The summed E-state index contributed by atoms with van der Waals surface area (Å²) in [7, 11) is 0. The van der Waals surface area contributed by atoms with E-state index in [4.69, 9.17) is 0 Å². The molecular formula is C10H14OSe. The molecule has 0 radical (unpaired) electrons. The Hall–Kier alpha value is -0.301. The molecule has 2 atom stereocenters. The number of aliphatic hydroxyl groups is 1. The summed E-state index contributed by atoms with van der Waals surface area (Å²) in [4.78, 5) is 0.403. The maximum absolute atomic E-state index is 9.80. The van der Waals surface area contributed by atoms with E-state index in [1.165, 1.54) is 0 Å². The molecule has 1 nitrogen and oxygen atoms in total. The van der Waals surface area contributed by atoms with E-state index in [0.29, 0.717) is 19.8 Å². The molecule has 1 aromatic rings. The molecule has 0 bridgehead atoms. The summed E-state index contributed by atoms with van der Waals surface area (Å²) in [6.45, 7) is 2.09. The fourth-order valence-corrected chi connectivity index (χ4v) is 1.92. The Bertz CT molecular complexity index is 223. The van der Waals surface area contributed by atoms with Crippen LogP contribution in [0.4, 0.5) is 0 Å². The van der Waals surface area contributed by atoms with E-state index < -0.39 is 0 Å². The average Bonchev–Trinajstić information content (AvgIpc) is 2.17. The van der Waals surface area contributed by atoms with Crippen molar-refractivity contribution >= 4 is 15.0 Å². The summed E-state index contributed by atoms with van der Waals surface area (Å²) < 4.78 is 0.